The van der Waals surface area contributed by atoms with Crippen molar-refractivity contribution in [2.45, 2.75) is 55.9 Å². The predicted octanol–water partition coefficient (Wildman–Crippen LogP) is 3.16. The number of rotatable bonds is 4. The average Bonchev–Trinajstić information content (AvgIpc) is 2.44. The average molecular weight is 302 g/mol. The van der Waals surface area contributed by atoms with Gasteiger partial charge in [-0.25, -0.2) is 0 Å². The molecule has 0 bridgehead atoms. The first kappa shape index (κ1) is 14.6. The highest BCUT2D eigenvalue weighted by molar-refractivity contribution is 8.06. The minimum absolute atomic E-state index is 0.295. The van der Waals surface area contributed by atoms with Crippen molar-refractivity contribution in [2.24, 2.45) is 5.92 Å². The van der Waals surface area contributed by atoms with Crippen molar-refractivity contribution in [1.82, 2.24) is 5.32 Å². The molecule has 110 valence electrons. The Morgan fingerprint density at radius 3 is 2.89 bits per heavy atom. The molecule has 0 aromatic rings. The lowest BCUT2D eigenvalue weighted by atomic mass is 9.70. The van der Waals surface area contributed by atoms with E-state index in [0.717, 1.165) is 24.3 Å². The molecule has 1 saturated carbocycles. The molecule has 2 heterocycles. The highest BCUT2D eigenvalue weighted by atomic mass is 32.2. The van der Waals surface area contributed by atoms with Crippen LogP contribution in [0.1, 0.15) is 39.0 Å². The van der Waals surface area contributed by atoms with E-state index in [2.05, 4.69) is 35.8 Å². The molecule has 0 amide bonds. The van der Waals surface area contributed by atoms with Gasteiger partial charge in [-0.05, 0) is 44.6 Å². The predicted molar refractivity (Wildman–Crippen MR) is 86.3 cm³/mol. The van der Waals surface area contributed by atoms with Crippen molar-refractivity contribution in [1.29, 1.82) is 0 Å². The molecular formula is C15H27NOS2. The molecule has 4 heteroatoms. The zero-order valence-corrected chi connectivity index (χ0v) is 13.7. The molecule has 1 aliphatic carbocycles. The third kappa shape index (κ3) is 3.28. The second-order valence-electron chi connectivity index (χ2n) is 6.21. The number of ether oxygens (including phenoxy) is 1. The van der Waals surface area contributed by atoms with E-state index in [9.17, 15) is 0 Å². The maximum absolute atomic E-state index is 6.11. The lowest BCUT2D eigenvalue weighted by molar-refractivity contribution is -0.146. The third-order valence-electron chi connectivity index (χ3n) is 4.99. The van der Waals surface area contributed by atoms with Crippen LogP contribution in [-0.2, 0) is 4.74 Å². The summed E-state index contributed by atoms with van der Waals surface area (Å²) in [5, 5.41) is 4.64. The Morgan fingerprint density at radius 1 is 1.37 bits per heavy atom. The molecule has 2 saturated heterocycles. The first-order valence-electron chi connectivity index (χ1n) is 7.90. The molecule has 3 unspecified atom stereocenters. The lowest BCUT2D eigenvalue weighted by Gasteiger charge is -2.50. The number of thioether (sulfide) groups is 2. The van der Waals surface area contributed by atoms with Gasteiger partial charge >= 0.3 is 0 Å². The second kappa shape index (κ2) is 6.59. The maximum Gasteiger partial charge on any atom is 0.0685 e. The molecule has 3 fully saturated rings. The summed E-state index contributed by atoms with van der Waals surface area (Å²) < 4.78 is 6.11. The molecular weight excluding hydrogens is 274 g/mol. The number of hydrogen-bond acceptors (Lipinski definition) is 4. The van der Waals surface area contributed by atoms with Crippen molar-refractivity contribution in [3.8, 4) is 0 Å². The van der Waals surface area contributed by atoms with E-state index in [1.165, 1.54) is 49.4 Å². The van der Waals surface area contributed by atoms with Crippen molar-refractivity contribution < 1.29 is 4.74 Å². The van der Waals surface area contributed by atoms with Crippen LogP contribution in [0.15, 0.2) is 0 Å². The highest BCUT2D eigenvalue weighted by Crippen LogP contribution is 2.46. The maximum atomic E-state index is 6.11. The summed E-state index contributed by atoms with van der Waals surface area (Å²) in [5.41, 5.74) is 0.295. The van der Waals surface area contributed by atoms with Gasteiger partial charge in [0.2, 0.25) is 0 Å². The third-order valence-corrected chi connectivity index (χ3v) is 7.87. The fourth-order valence-electron chi connectivity index (χ4n) is 3.84. The quantitative estimate of drug-likeness (QED) is 0.860. The summed E-state index contributed by atoms with van der Waals surface area (Å²) in [6, 6.07) is 0.712. The second-order valence-corrected chi connectivity index (χ2v) is 8.70. The zero-order chi connectivity index (χ0) is 13.1. The minimum Gasteiger partial charge on any atom is -0.375 e. The van der Waals surface area contributed by atoms with Gasteiger partial charge < -0.3 is 10.1 Å². The normalized spacial score (nSPS) is 35.8. The van der Waals surface area contributed by atoms with E-state index < -0.39 is 0 Å². The summed E-state index contributed by atoms with van der Waals surface area (Å²) in [4.78, 5) is 0. The van der Waals surface area contributed by atoms with Crippen LogP contribution in [0.4, 0.5) is 0 Å². The Labute approximate surface area is 126 Å². The van der Waals surface area contributed by atoms with E-state index in [0.29, 0.717) is 11.6 Å². The highest BCUT2D eigenvalue weighted by Gasteiger charge is 2.45. The molecule has 2 nitrogen and oxygen atoms in total. The molecule has 0 radical (unpaired) electrons. The van der Waals surface area contributed by atoms with Gasteiger partial charge in [-0.3, -0.25) is 0 Å². The van der Waals surface area contributed by atoms with Crippen LogP contribution in [0, 0.1) is 5.92 Å². The topological polar surface area (TPSA) is 21.3 Å². The van der Waals surface area contributed by atoms with Crippen molar-refractivity contribution in [3.05, 3.63) is 0 Å². The first-order chi connectivity index (χ1) is 9.33. The molecule has 3 rings (SSSR count). The molecule has 1 spiro atoms. The summed E-state index contributed by atoms with van der Waals surface area (Å²) in [6.07, 6.45) is 6.59. The number of nitrogens with one attached hydrogen (secondary N) is 1. The molecule has 1 N–H and O–H groups in total. The van der Waals surface area contributed by atoms with Crippen LogP contribution >= 0.6 is 23.5 Å². The van der Waals surface area contributed by atoms with E-state index in [-0.39, 0.29) is 0 Å². The SMILES string of the molecule is CCNC(C1CCOC2(CCC2)C1)C1CSCCS1. The fraction of sp³-hybridized carbons (Fsp3) is 1.00. The Bertz CT molecular complexity index is 290. The molecule has 2 aliphatic heterocycles. The van der Waals surface area contributed by atoms with E-state index in [1.54, 1.807) is 0 Å². The van der Waals surface area contributed by atoms with Gasteiger partial charge in [-0.15, -0.1) is 0 Å². The van der Waals surface area contributed by atoms with Crippen LogP contribution < -0.4 is 5.32 Å². The van der Waals surface area contributed by atoms with Crippen molar-refractivity contribution in [3.63, 3.8) is 0 Å². The van der Waals surface area contributed by atoms with Gasteiger partial charge in [0.1, 0.15) is 0 Å². The molecule has 19 heavy (non-hydrogen) atoms. The Kier molecular flexibility index (Phi) is 5.05. The van der Waals surface area contributed by atoms with E-state index in [1.807, 2.05) is 0 Å². The van der Waals surface area contributed by atoms with E-state index >= 15 is 0 Å². The lowest BCUT2D eigenvalue weighted by Crippen LogP contribution is -2.53. The van der Waals surface area contributed by atoms with Crippen LogP contribution in [0.3, 0.4) is 0 Å². The van der Waals surface area contributed by atoms with E-state index in [4.69, 9.17) is 4.74 Å². The fourth-order valence-corrected chi connectivity index (χ4v) is 6.81. The Morgan fingerprint density at radius 2 is 2.26 bits per heavy atom. The van der Waals surface area contributed by atoms with Crippen molar-refractivity contribution >= 4 is 23.5 Å². The van der Waals surface area contributed by atoms with Crippen LogP contribution in [0.2, 0.25) is 0 Å². The standard InChI is InChI=1S/C15H27NOS2/c1-2-16-14(13-11-18-8-9-19-13)12-4-7-17-15(10-12)5-3-6-15/h12-14,16H,2-11H2,1H3. The first-order valence-corrected chi connectivity index (χ1v) is 10.1. The minimum atomic E-state index is 0.295. The molecule has 0 aromatic carbocycles. The summed E-state index contributed by atoms with van der Waals surface area (Å²) in [5.74, 6) is 4.86. The monoisotopic (exact) mass is 301 g/mol. The van der Waals surface area contributed by atoms with Crippen LogP contribution in [0.25, 0.3) is 0 Å². The summed E-state index contributed by atoms with van der Waals surface area (Å²) in [7, 11) is 0. The summed E-state index contributed by atoms with van der Waals surface area (Å²) in [6.45, 7) is 4.36. The van der Waals surface area contributed by atoms with Gasteiger partial charge in [0.05, 0.1) is 5.60 Å². The molecule has 3 atom stereocenters. The van der Waals surface area contributed by atoms with Crippen molar-refractivity contribution in [2.75, 3.05) is 30.4 Å². The molecule has 0 aromatic heterocycles. The zero-order valence-electron chi connectivity index (χ0n) is 12.0. The van der Waals surface area contributed by atoms with Crippen LogP contribution in [0.5, 0.6) is 0 Å². The number of hydrogen-bond donors (Lipinski definition) is 1. The van der Waals surface area contributed by atoms with Gasteiger partial charge in [-0.1, -0.05) is 6.92 Å². The summed E-state index contributed by atoms with van der Waals surface area (Å²) >= 11 is 4.36. The van der Waals surface area contributed by atoms with Gasteiger partial charge in [0.15, 0.2) is 0 Å². The van der Waals surface area contributed by atoms with Gasteiger partial charge in [0.25, 0.3) is 0 Å². The van der Waals surface area contributed by atoms with Gasteiger partial charge in [-0.2, -0.15) is 23.5 Å². The van der Waals surface area contributed by atoms with Crippen LogP contribution in [-0.4, -0.2) is 47.3 Å². The largest absolute Gasteiger partial charge is 0.375 e. The Hall–Kier alpha value is 0.620. The molecule has 3 aliphatic rings. The Balaban J connectivity index is 1.64. The smallest absolute Gasteiger partial charge is 0.0685 e. The van der Waals surface area contributed by atoms with Gasteiger partial charge in [0, 0.05) is 35.2 Å².